The van der Waals surface area contributed by atoms with Crippen LogP contribution in [0.2, 0.25) is 0 Å². The van der Waals surface area contributed by atoms with Crippen molar-refractivity contribution in [1.29, 1.82) is 0 Å². The zero-order valence-electron chi connectivity index (χ0n) is 11.8. The van der Waals surface area contributed by atoms with Crippen LogP contribution in [0.3, 0.4) is 0 Å². The first-order valence-electron chi connectivity index (χ1n) is 7.72. The highest BCUT2D eigenvalue weighted by Crippen LogP contribution is 2.32. The van der Waals surface area contributed by atoms with Crippen LogP contribution in [0.15, 0.2) is 6.07 Å². The van der Waals surface area contributed by atoms with Gasteiger partial charge in [-0.25, -0.2) is 0 Å². The van der Waals surface area contributed by atoms with E-state index in [1.807, 2.05) is 0 Å². The maximum absolute atomic E-state index is 12.6. The molecular formula is C16H22BrNOS. The Morgan fingerprint density at radius 1 is 1.20 bits per heavy atom. The van der Waals surface area contributed by atoms with Crippen LogP contribution >= 0.6 is 27.3 Å². The first-order valence-corrected chi connectivity index (χ1v) is 9.66. The largest absolute Gasteiger partial charge is 0.345 e. The highest BCUT2D eigenvalue weighted by molar-refractivity contribution is 9.09. The Hall–Kier alpha value is -0.350. The van der Waals surface area contributed by atoms with Gasteiger partial charge in [-0.15, -0.1) is 11.3 Å². The third kappa shape index (κ3) is 2.96. The number of amides is 1. The molecule has 0 saturated heterocycles. The Bertz CT molecular complexity index is 467. The molecule has 1 aromatic heterocycles. The molecule has 1 heterocycles. The molecule has 2 aliphatic rings. The number of thiophene rings is 1. The van der Waals surface area contributed by atoms with Crippen LogP contribution in [0.25, 0.3) is 0 Å². The van der Waals surface area contributed by atoms with Crippen molar-refractivity contribution in [2.75, 3.05) is 5.33 Å². The van der Waals surface area contributed by atoms with E-state index in [4.69, 9.17) is 0 Å². The summed E-state index contributed by atoms with van der Waals surface area (Å²) in [7, 11) is 0. The quantitative estimate of drug-likeness (QED) is 0.797. The van der Waals surface area contributed by atoms with E-state index in [9.17, 15) is 4.79 Å². The van der Waals surface area contributed by atoms with Gasteiger partial charge >= 0.3 is 0 Å². The Morgan fingerprint density at radius 3 is 2.65 bits per heavy atom. The molecule has 3 rings (SSSR count). The lowest BCUT2D eigenvalue weighted by molar-refractivity contribution is 0.0890. The van der Waals surface area contributed by atoms with Crippen LogP contribution in [-0.4, -0.2) is 16.8 Å². The highest BCUT2D eigenvalue weighted by atomic mass is 79.9. The van der Waals surface area contributed by atoms with Crippen molar-refractivity contribution in [2.45, 2.75) is 63.3 Å². The van der Waals surface area contributed by atoms with Crippen LogP contribution in [-0.2, 0) is 12.8 Å². The molecule has 1 amide bonds. The summed E-state index contributed by atoms with van der Waals surface area (Å²) in [5.74, 6) is 0.144. The summed E-state index contributed by atoms with van der Waals surface area (Å²) in [4.78, 5) is 14.9. The number of carbonyl (C=O) groups excluding carboxylic acids is 1. The maximum atomic E-state index is 12.6. The predicted molar refractivity (Wildman–Crippen MR) is 88.0 cm³/mol. The molecule has 1 saturated carbocycles. The molecule has 2 aliphatic carbocycles. The molecule has 1 fully saturated rings. The van der Waals surface area contributed by atoms with Gasteiger partial charge < -0.3 is 5.32 Å². The number of hydrogen-bond acceptors (Lipinski definition) is 2. The van der Waals surface area contributed by atoms with Gasteiger partial charge in [-0.2, -0.15) is 0 Å². The second-order valence-corrected chi connectivity index (χ2v) is 7.89. The number of alkyl halides is 1. The third-order valence-electron chi connectivity index (χ3n) is 4.67. The Labute approximate surface area is 133 Å². The van der Waals surface area contributed by atoms with Gasteiger partial charge in [0.25, 0.3) is 5.91 Å². The first kappa shape index (κ1) is 14.6. The number of carbonyl (C=O) groups is 1. The van der Waals surface area contributed by atoms with Crippen LogP contribution in [0, 0.1) is 0 Å². The van der Waals surface area contributed by atoms with Crippen molar-refractivity contribution >= 4 is 33.2 Å². The molecule has 0 spiro atoms. The Morgan fingerprint density at radius 2 is 1.95 bits per heavy atom. The van der Waals surface area contributed by atoms with Gasteiger partial charge in [0.15, 0.2) is 0 Å². The fourth-order valence-corrected chi connectivity index (χ4v) is 5.28. The lowest BCUT2D eigenvalue weighted by Gasteiger charge is -2.36. The van der Waals surface area contributed by atoms with Gasteiger partial charge in [0.1, 0.15) is 0 Å². The summed E-state index contributed by atoms with van der Waals surface area (Å²) < 4.78 is 0. The minimum atomic E-state index is -0.0141. The summed E-state index contributed by atoms with van der Waals surface area (Å²) in [6.07, 6.45) is 10.8. The minimum absolute atomic E-state index is 0.0141. The monoisotopic (exact) mass is 355 g/mol. The molecule has 0 bridgehead atoms. The lowest BCUT2D eigenvalue weighted by Crippen LogP contribution is -2.51. The van der Waals surface area contributed by atoms with Gasteiger partial charge in [0.2, 0.25) is 0 Å². The number of aryl methyl sites for hydroxylation is 2. The first-order chi connectivity index (χ1) is 9.72. The summed E-state index contributed by atoms with van der Waals surface area (Å²) in [5.41, 5.74) is 1.41. The smallest absolute Gasteiger partial charge is 0.261 e. The maximum Gasteiger partial charge on any atom is 0.261 e. The van der Waals surface area contributed by atoms with Crippen molar-refractivity contribution in [2.24, 2.45) is 0 Å². The second-order valence-electron chi connectivity index (χ2n) is 6.19. The number of hydrogen-bond donors (Lipinski definition) is 1. The zero-order valence-corrected chi connectivity index (χ0v) is 14.2. The Balaban J connectivity index is 1.73. The summed E-state index contributed by atoms with van der Waals surface area (Å²) in [6, 6.07) is 2.14. The molecule has 1 N–H and O–H groups in total. The van der Waals surface area contributed by atoms with E-state index in [1.165, 1.54) is 42.5 Å². The van der Waals surface area contributed by atoms with E-state index in [0.29, 0.717) is 0 Å². The van der Waals surface area contributed by atoms with Crippen molar-refractivity contribution in [3.8, 4) is 0 Å². The van der Waals surface area contributed by atoms with E-state index >= 15 is 0 Å². The minimum Gasteiger partial charge on any atom is -0.345 e. The standard InChI is InChI=1S/C16H22BrNOS/c17-11-16(8-4-1-5-9-16)18-15(19)14-10-12-6-2-3-7-13(12)20-14/h10H,1-9,11H2,(H,18,19). The molecular weight excluding hydrogens is 334 g/mol. The molecule has 1 aromatic rings. The van der Waals surface area contributed by atoms with Gasteiger partial charge in [-0.1, -0.05) is 35.2 Å². The Kier molecular flexibility index (Phi) is 4.51. The van der Waals surface area contributed by atoms with E-state index in [0.717, 1.165) is 35.9 Å². The number of nitrogens with one attached hydrogen (secondary N) is 1. The lowest BCUT2D eigenvalue weighted by atomic mass is 9.83. The van der Waals surface area contributed by atoms with Crippen LogP contribution in [0.5, 0.6) is 0 Å². The van der Waals surface area contributed by atoms with Gasteiger partial charge in [-0.3, -0.25) is 4.79 Å². The van der Waals surface area contributed by atoms with Crippen LogP contribution in [0.4, 0.5) is 0 Å². The predicted octanol–water partition coefficient (Wildman–Crippen LogP) is 4.45. The van der Waals surface area contributed by atoms with Gasteiger partial charge in [-0.05, 0) is 50.2 Å². The van der Waals surface area contributed by atoms with Gasteiger partial charge in [0.05, 0.1) is 10.4 Å². The second kappa shape index (κ2) is 6.18. The number of rotatable bonds is 3. The molecule has 0 unspecified atom stereocenters. The van der Waals surface area contributed by atoms with Gasteiger partial charge in [0, 0.05) is 10.2 Å². The van der Waals surface area contributed by atoms with Crippen molar-refractivity contribution in [3.05, 3.63) is 21.4 Å². The molecule has 20 heavy (non-hydrogen) atoms. The molecule has 4 heteroatoms. The fourth-order valence-electron chi connectivity index (χ4n) is 3.43. The molecule has 0 atom stereocenters. The van der Waals surface area contributed by atoms with Crippen molar-refractivity contribution in [1.82, 2.24) is 5.32 Å². The zero-order chi connectivity index (χ0) is 14.0. The molecule has 0 aliphatic heterocycles. The van der Waals surface area contributed by atoms with E-state index in [1.54, 1.807) is 11.3 Å². The SMILES string of the molecule is O=C(NC1(CBr)CCCCC1)c1cc2c(s1)CCCC2. The third-order valence-corrected chi connectivity index (χ3v) is 6.97. The molecule has 0 radical (unpaired) electrons. The highest BCUT2D eigenvalue weighted by Gasteiger charge is 2.33. The summed E-state index contributed by atoms with van der Waals surface area (Å²) >= 11 is 5.33. The van der Waals surface area contributed by atoms with Crippen LogP contribution in [0.1, 0.15) is 65.1 Å². The molecule has 110 valence electrons. The van der Waals surface area contributed by atoms with E-state index < -0.39 is 0 Å². The fraction of sp³-hybridized carbons (Fsp3) is 0.688. The van der Waals surface area contributed by atoms with Crippen molar-refractivity contribution in [3.63, 3.8) is 0 Å². The van der Waals surface area contributed by atoms with E-state index in [-0.39, 0.29) is 11.4 Å². The molecule has 2 nitrogen and oxygen atoms in total. The van der Waals surface area contributed by atoms with E-state index in [2.05, 4.69) is 27.3 Å². The van der Waals surface area contributed by atoms with Crippen LogP contribution < -0.4 is 5.32 Å². The topological polar surface area (TPSA) is 29.1 Å². The number of halogens is 1. The average Bonchev–Trinajstić information content (AvgIpc) is 2.92. The molecule has 0 aromatic carbocycles. The summed E-state index contributed by atoms with van der Waals surface area (Å²) in [6.45, 7) is 0. The number of fused-ring (bicyclic) bond motifs is 1. The summed E-state index contributed by atoms with van der Waals surface area (Å²) in [5, 5.41) is 4.20. The average molecular weight is 356 g/mol. The normalized spacial score (nSPS) is 21.2. The van der Waals surface area contributed by atoms with Crippen molar-refractivity contribution < 1.29 is 4.79 Å².